The second-order valence-electron chi connectivity index (χ2n) is 10.1. The lowest BCUT2D eigenvalue weighted by molar-refractivity contribution is -0.133. The number of fused-ring (bicyclic) bond motifs is 1. The van der Waals surface area contributed by atoms with Crippen LogP contribution in [-0.2, 0) is 16.1 Å². The van der Waals surface area contributed by atoms with Crippen LogP contribution in [0.2, 0.25) is 5.02 Å². The van der Waals surface area contributed by atoms with Gasteiger partial charge in [0, 0.05) is 52.7 Å². The summed E-state index contributed by atoms with van der Waals surface area (Å²) < 4.78 is 2.09. The Hall–Kier alpha value is -3.38. The van der Waals surface area contributed by atoms with Crippen LogP contribution in [0, 0.1) is 13.8 Å². The Morgan fingerprint density at radius 1 is 1.19 bits per heavy atom. The number of allylic oxidation sites excluding steroid dienone is 2. The molecule has 1 saturated heterocycles. The van der Waals surface area contributed by atoms with Crippen molar-refractivity contribution in [1.82, 2.24) is 19.8 Å². The van der Waals surface area contributed by atoms with E-state index in [1.165, 1.54) is 36.5 Å². The molecule has 5 rings (SSSR count). The van der Waals surface area contributed by atoms with Gasteiger partial charge in [0.2, 0.25) is 11.8 Å². The molecule has 37 heavy (non-hydrogen) atoms. The molecule has 2 amide bonds. The van der Waals surface area contributed by atoms with Gasteiger partial charge in [-0.25, -0.2) is 0 Å². The minimum absolute atomic E-state index is 0.0411. The lowest BCUT2D eigenvalue weighted by atomic mass is 9.92. The normalized spacial score (nSPS) is 16.2. The van der Waals surface area contributed by atoms with E-state index in [-0.39, 0.29) is 24.4 Å². The number of aromatic nitrogens is 2. The number of carbonyl (C=O) groups is 2. The van der Waals surface area contributed by atoms with E-state index in [4.69, 9.17) is 11.6 Å². The third-order valence-corrected chi connectivity index (χ3v) is 7.80. The largest absolute Gasteiger partial charge is 0.348 e. The SMILES string of the molecule is C=CC(=O)N1CC(NC(=O)Cn2c(C)c(-c3cnccc3C3=CCCCCC3)c3cc(Cl)cc(C)c32)C1. The summed E-state index contributed by atoms with van der Waals surface area (Å²) in [6.45, 7) is 8.84. The minimum atomic E-state index is -0.106. The summed E-state index contributed by atoms with van der Waals surface area (Å²) in [4.78, 5) is 31.0. The van der Waals surface area contributed by atoms with Crippen LogP contribution in [0.3, 0.4) is 0 Å². The number of pyridine rings is 1. The van der Waals surface area contributed by atoms with Crippen molar-refractivity contribution in [3.8, 4) is 11.1 Å². The quantitative estimate of drug-likeness (QED) is 0.419. The molecule has 3 aromatic rings. The summed E-state index contributed by atoms with van der Waals surface area (Å²) in [6, 6.07) is 6.03. The van der Waals surface area contributed by atoms with Crippen LogP contribution < -0.4 is 5.32 Å². The first kappa shape index (κ1) is 25.3. The lowest BCUT2D eigenvalue weighted by Crippen LogP contribution is -2.61. The highest BCUT2D eigenvalue weighted by Crippen LogP contribution is 2.41. The predicted octanol–water partition coefficient (Wildman–Crippen LogP) is 5.83. The van der Waals surface area contributed by atoms with Crippen molar-refractivity contribution >= 4 is 39.9 Å². The molecule has 7 heteroatoms. The monoisotopic (exact) mass is 516 g/mol. The number of nitrogens with one attached hydrogen (secondary N) is 1. The van der Waals surface area contributed by atoms with Gasteiger partial charge in [0.05, 0.1) is 11.6 Å². The van der Waals surface area contributed by atoms with Crippen LogP contribution in [0.5, 0.6) is 0 Å². The van der Waals surface area contributed by atoms with Gasteiger partial charge in [-0.3, -0.25) is 14.6 Å². The summed E-state index contributed by atoms with van der Waals surface area (Å²) >= 11 is 6.55. The zero-order valence-corrected chi connectivity index (χ0v) is 22.3. The van der Waals surface area contributed by atoms with Gasteiger partial charge in [0.15, 0.2) is 0 Å². The van der Waals surface area contributed by atoms with Crippen LogP contribution in [0.25, 0.3) is 27.6 Å². The number of rotatable bonds is 6. The Labute approximate surface area is 223 Å². The van der Waals surface area contributed by atoms with Crippen molar-refractivity contribution < 1.29 is 9.59 Å². The van der Waals surface area contributed by atoms with Crippen molar-refractivity contribution in [3.63, 3.8) is 0 Å². The molecule has 1 aliphatic carbocycles. The number of benzene rings is 1. The lowest BCUT2D eigenvalue weighted by Gasteiger charge is -2.38. The highest BCUT2D eigenvalue weighted by atomic mass is 35.5. The zero-order chi connectivity index (χ0) is 26.1. The molecule has 0 unspecified atom stereocenters. The molecule has 0 atom stereocenters. The van der Waals surface area contributed by atoms with E-state index < -0.39 is 0 Å². The first-order chi connectivity index (χ1) is 17.9. The molecule has 0 bridgehead atoms. The third-order valence-electron chi connectivity index (χ3n) is 7.58. The summed E-state index contributed by atoms with van der Waals surface area (Å²) in [5.41, 5.74) is 7.78. The molecule has 0 saturated carbocycles. The van der Waals surface area contributed by atoms with Crippen molar-refractivity contribution in [2.75, 3.05) is 13.1 Å². The summed E-state index contributed by atoms with van der Waals surface area (Å²) in [5.74, 6) is -0.180. The third kappa shape index (κ3) is 4.95. The Morgan fingerprint density at radius 2 is 2.00 bits per heavy atom. The molecule has 192 valence electrons. The molecule has 2 aliphatic rings. The number of carbonyl (C=O) groups excluding carboxylic acids is 2. The Morgan fingerprint density at radius 3 is 2.78 bits per heavy atom. The highest BCUT2D eigenvalue weighted by Gasteiger charge is 2.31. The topological polar surface area (TPSA) is 67.2 Å². The standard InChI is InChI=1S/C30H33ClN4O2/c1-4-28(37)34-16-23(17-34)33-27(36)18-35-20(3)29(25-14-22(31)13-19(2)30(25)35)26-15-32-12-11-24(26)21-9-7-5-6-8-10-21/h4,9,11-15,23H,1,5-8,10,16-18H2,2-3H3,(H,33,36). The molecule has 3 heterocycles. The smallest absolute Gasteiger partial charge is 0.246 e. The van der Waals surface area contributed by atoms with Gasteiger partial charge in [0.25, 0.3) is 0 Å². The fraction of sp³-hybridized carbons (Fsp3) is 0.367. The van der Waals surface area contributed by atoms with Crippen LogP contribution in [0.4, 0.5) is 0 Å². The van der Waals surface area contributed by atoms with Gasteiger partial charge in [-0.05, 0) is 80.5 Å². The maximum Gasteiger partial charge on any atom is 0.246 e. The van der Waals surface area contributed by atoms with E-state index in [1.807, 2.05) is 31.5 Å². The average molecular weight is 517 g/mol. The Kier molecular flexibility index (Phi) is 7.20. The van der Waals surface area contributed by atoms with E-state index in [1.54, 1.807) is 4.90 Å². The number of halogens is 1. The van der Waals surface area contributed by atoms with Crippen LogP contribution in [0.1, 0.15) is 48.9 Å². The summed E-state index contributed by atoms with van der Waals surface area (Å²) in [6.07, 6.45) is 13.3. The molecular weight excluding hydrogens is 484 g/mol. The van der Waals surface area contributed by atoms with Crippen molar-refractivity contribution in [2.24, 2.45) is 0 Å². The van der Waals surface area contributed by atoms with Gasteiger partial charge < -0.3 is 14.8 Å². The first-order valence-electron chi connectivity index (χ1n) is 13.0. The van der Waals surface area contributed by atoms with E-state index in [9.17, 15) is 9.59 Å². The van der Waals surface area contributed by atoms with Gasteiger partial charge in [0.1, 0.15) is 6.54 Å². The second-order valence-corrected chi connectivity index (χ2v) is 10.6. The van der Waals surface area contributed by atoms with E-state index in [2.05, 4.69) is 40.5 Å². The molecule has 0 spiro atoms. The molecule has 1 aromatic carbocycles. The first-order valence-corrected chi connectivity index (χ1v) is 13.4. The zero-order valence-electron chi connectivity index (χ0n) is 21.5. The average Bonchev–Trinajstić information content (AvgIpc) is 3.01. The van der Waals surface area contributed by atoms with Gasteiger partial charge in [-0.15, -0.1) is 0 Å². The Bertz CT molecular complexity index is 1410. The minimum Gasteiger partial charge on any atom is -0.348 e. The van der Waals surface area contributed by atoms with Crippen LogP contribution in [0.15, 0.2) is 49.3 Å². The van der Waals surface area contributed by atoms with Crippen molar-refractivity contribution in [2.45, 2.75) is 58.5 Å². The fourth-order valence-corrected chi connectivity index (χ4v) is 6.02. The molecule has 1 N–H and O–H groups in total. The number of amides is 2. The maximum atomic E-state index is 13.1. The molecule has 2 aromatic heterocycles. The Balaban J connectivity index is 1.53. The predicted molar refractivity (Wildman–Crippen MR) is 149 cm³/mol. The number of hydrogen-bond acceptors (Lipinski definition) is 3. The number of likely N-dealkylation sites (tertiary alicyclic amines) is 1. The van der Waals surface area contributed by atoms with E-state index in [0.717, 1.165) is 46.1 Å². The number of hydrogen-bond donors (Lipinski definition) is 1. The molecule has 1 fully saturated rings. The summed E-state index contributed by atoms with van der Waals surface area (Å²) in [5, 5.41) is 4.79. The van der Waals surface area contributed by atoms with Crippen LogP contribution >= 0.6 is 11.6 Å². The fourth-order valence-electron chi connectivity index (χ4n) is 5.75. The molecule has 1 aliphatic heterocycles. The van der Waals surface area contributed by atoms with Crippen molar-refractivity contribution in [1.29, 1.82) is 0 Å². The number of nitrogens with zero attached hydrogens (tertiary/aromatic N) is 3. The van der Waals surface area contributed by atoms with Gasteiger partial charge >= 0.3 is 0 Å². The van der Waals surface area contributed by atoms with E-state index >= 15 is 0 Å². The van der Waals surface area contributed by atoms with Gasteiger partial charge in [-0.2, -0.15) is 0 Å². The van der Waals surface area contributed by atoms with Gasteiger partial charge in [-0.1, -0.05) is 30.7 Å². The van der Waals surface area contributed by atoms with Crippen LogP contribution in [-0.4, -0.2) is 45.4 Å². The van der Waals surface area contributed by atoms with Crippen molar-refractivity contribution in [3.05, 3.63) is 71.2 Å². The van der Waals surface area contributed by atoms with E-state index in [0.29, 0.717) is 18.1 Å². The number of aryl methyl sites for hydroxylation is 1. The second kappa shape index (κ2) is 10.5. The molecule has 6 nitrogen and oxygen atoms in total. The maximum absolute atomic E-state index is 13.1. The summed E-state index contributed by atoms with van der Waals surface area (Å²) in [7, 11) is 0. The molecule has 0 radical (unpaired) electrons. The molecular formula is C30H33ClN4O2. The highest BCUT2D eigenvalue weighted by molar-refractivity contribution is 6.31.